The number of anilines is 1. The van der Waals surface area contributed by atoms with Gasteiger partial charge in [0.2, 0.25) is 11.8 Å². The number of ketones is 1. The summed E-state index contributed by atoms with van der Waals surface area (Å²) in [6, 6.07) is 5.16. The predicted molar refractivity (Wildman–Crippen MR) is 94.8 cm³/mol. The van der Waals surface area contributed by atoms with Gasteiger partial charge in [-0.1, -0.05) is 29.9 Å². The average molecular weight is 336 g/mol. The van der Waals surface area contributed by atoms with Gasteiger partial charge in [-0.15, -0.1) is 6.58 Å². The number of carbonyl (C=O) groups excluding carboxylic acids is 3. The molecule has 2 fully saturated rings. The maximum atomic E-state index is 12.9. The molecule has 4 rings (SSSR count). The standard InChI is InChI=1S/C20H20N2O3/c1-4-9-21-19(24)16-15-8-6-13-10-11(2)5-7-14(13)22(15)18(12(3)23)17(16)20(21)25/h4-8,10,15-18H,1,9H2,2-3H3/t15-,16+,17-,18+/m0/s1. The van der Waals surface area contributed by atoms with Crippen LogP contribution in [0.1, 0.15) is 18.1 Å². The Morgan fingerprint density at radius 3 is 2.64 bits per heavy atom. The lowest BCUT2D eigenvalue weighted by Crippen LogP contribution is -2.48. The van der Waals surface area contributed by atoms with Gasteiger partial charge < -0.3 is 4.90 Å². The maximum absolute atomic E-state index is 12.9. The van der Waals surface area contributed by atoms with Crippen molar-refractivity contribution in [1.29, 1.82) is 0 Å². The minimum Gasteiger partial charge on any atom is -0.353 e. The van der Waals surface area contributed by atoms with Crippen LogP contribution < -0.4 is 4.90 Å². The Morgan fingerprint density at radius 1 is 1.24 bits per heavy atom. The average Bonchev–Trinajstić information content (AvgIpc) is 3.04. The summed E-state index contributed by atoms with van der Waals surface area (Å²) in [4.78, 5) is 41.4. The first kappa shape index (κ1) is 15.8. The second kappa shape index (κ2) is 5.41. The van der Waals surface area contributed by atoms with Crippen LogP contribution in [0, 0.1) is 18.8 Å². The minimum atomic E-state index is -0.619. The number of amides is 2. The van der Waals surface area contributed by atoms with Gasteiger partial charge in [-0.25, -0.2) is 0 Å². The topological polar surface area (TPSA) is 57.7 Å². The van der Waals surface area contributed by atoms with Gasteiger partial charge in [-0.05, 0) is 31.5 Å². The van der Waals surface area contributed by atoms with Crippen LogP contribution in [0.15, 0.2) is 36.9 Å². The quantitative estimate of drug-likeness (QED) is 0.625. The number of benzene rings is 1. The molecule has 0 aromatic heterocycles. The molecular weight excluding hydrogens is 316 g/mol. The summed E-state index contributed by atoms with van der Waals surface area (Å²) < 4.78 is 0. The van der Waals surface area contributed by atoms with Crippen molar-refractivity contribution in [1.82, 2.24) is 4.90 Å². The zero-order valence-electron chi connectivity index (χ0n) is 14.3. The number of hydrogen-bond acceptors (Lipinski definition) is 4. The first-order valence-electron chi connectivity index (χ1n) is 8.49. The third kappa shape index (κ3) is 2.05. The van der Waals surface area contributed by atoms with E-state index < -0.39 is 17.9 Å². The van der Waals surface area contributed by atoms with E-state index in [0.717, 1.165) is 16.8 Å². The van der Waals surface area contributed by atoms with Gasteiger partial charge in [0.25, 0.3) is 0 Å². The Labute approximate surface area is 146 Å². The molecule has 0 N–H and O–H groups in total. The summed E-state index contributed by atoms with van der Waals surface area (Å²) in [7, 11) is 0. The molecule has 3 heterocycles. The molecule has 5 heteroatoms. The second-order valence-corrected chi connectivity index (χ2v) is 7.00. The number of fused-ring (bicyclic) bond motifs is 5. The zero-order valence-corrected chi connectivity index (χ0v) is 14.3. The van der Waals surface area contributed by atoms with Crippen LogP contribution in [0.3, 0.4) is 0 Å². The summed E-state index contributed by atoms with van der Waals surface area (Å²) in [5, 5.41) is 0. The molecule has 5 nitrogen and oxygen atoms in total. The van der Waals surface area contributed by atoms with Crippen LogP contribution in [0.25, 0.3) is 6.08 Å². The van der Waals surface area contributed by atoms with E-state index in [1.807, 2.05) is 36.1 Å². The molecule has 25 heavy (non-hydrogen) atoms. The Balaban J connectivity index is 1.85. The normalized spacial score (nSPS) is 29.5. The van der Waals surface area contributed by atoms with Crippen LogP contribution in [0.2, 0.25) is 0 Å². The highest BCUT2D eigenvalue weighted by atomic mass is 16.2. The molecular formula is C20H20N2O3. The molecule has 0 spiro atoms. The molecule has 3 aliphatic rings. The number of carbonyl (C=O) groups is 3. The van der Waals surface area contributed by atoms with Crippen molar-refractivity contribution in [2.24, 2.45) is 11.8 Å². The molecule has 128 valence electrons. The highest BCUT2D eigenvalue weighted by Gasteiger charge is 2.63. The zero-order chi connectivity index (χ0) is 17.9. The molecule has 2 saturated heterocycles. The molecule has 2 amide bonds. The van der Waals surface area contributed by atoms with Gasteiger partial charge in [0.05, 0.1) is 17.9 Å². The fourth-order valence-electron chi connectivity index (χ4n) is 4.52. The highest BCUT2D eigenvalue weighted by molar-refractivity contribution is 6.11. The number of aryl methyl sites for hydroxylation is 1. The van der Waals surface area contributed by atoms with Gasteiger partial charge in [-0.2, -0.15) is 0 Å². The van der Waals surface area contributed by atoms with Crippen molar-refractivity contribution in [3.63, 3.8) is 0 Å². The first-order chi connectivity index (χ1) is 12.0. The van der Waals surface area contributed by atoms with E-state index in [-0.39, 0.29) is 30.2 Å². The molecule has 1 aromatic rings. The number of likely N-dealkylation sites (tertiary alicyclic amines) is 1. The van der Waals surface area contributed by atoms with Crippen molar-refractivity contribution in [3.8, 4) is 0 Å². The van der Waals surface area contributed by atoms with E-state index in [9.17, 15) is 14.4 Å². The van der Waals surface area contributed by atoms with E-state index >= 15 is 0 Å². The third-order valence-corrected chi connectivity index (χ3v) is 5.48. The lowest BCUT2D eigenvalue weighted by molar-refractivity contribution is -0.140. The SMILES string of the molecule is C=CCN1C(=O)[C@H]2[C@H](C1=O)[C@@H]1C=Cc3cc(C)ccc3N1[C@@H]2C(C)=O. The van der Waals surface area contributed by atoms with Crippen molar-refractivity contribution >= 4 is 29.4 Å². The number of hydrogen-bond donors (Lipinski definition) is 0. The van der Waals surface area contributed by atoms with Gasteiger partial charge in [0, 0.05) is 12.2 Å². The largest absolute Gasteiger partial charge is 0.353 e. The van der Waals surface area contributed by atoms with Gasteiger partial charge in [0.1, 0.15) is 6.04 Å². The molecule has 0 saturated carbocycles. The van der Waals surface area contributed by atoms with Crippen molar-refractivity contribution in [3.05, 3.63) is 48.1 Å². The molecule has 0 bridgehead atoms. The maximum Gasteiger partial charge on any atom is 0.236 e. The van der Waals surface area contributed by atoms with Gasteiger partial charge >= 0.3 is 0 Å². The lowest BCUT2D eigenvalue weighted by Gasteiger charge is -2.36. The number of nitrogens with zero attached hydrogens (tertiary/aromatic N) is 2. The van der Waals surface area contributed by atoms with Crippen molar-refractivity contribution < 1.29 is 14.4 Å². The molecule has 0 aliphatic carbocycles. The minimum absolute atomic E-state index is 0.0825. The van der Waals surface area contributed by atoms with Gasteiger partial charge in [0.15, 0.2) is 5.78 Å². The summed E-state index contributed by atoms with van der Waals surface area (Å²) in [6.07, 6.45) is 5.51. The van der Waals surface area contributed by atoms with Crippen LogP contribution in [-0.2, 0) is 14.4 Å². The van der Waals surface area contributed by atoms with Crippen LogP contribution in [0.5, 0.6) is 0 Å². The van der Waals surface area contributed by atoms with E-state index in [1.54, 1.807) is 6.08 Å². The van der Waals surface area contributed by atoms with Crippen LogP contribution in [0.4, 0.5) is 5.69 Å². The van der Waals surface area contributed by atoms with E-state index in [1.165, 1.54) is 11.8 Å². The van der Waals surface area contributed by atoms with Gasteiger partial charge in [-0.3, -0.25) is 19.3 Å². The lowest BCUT2D eigenvalue weighted by atomic mass is 9.88. The fraction of sp³-hybridized carbons (Fsp3) is 0.350. The molecule has 3 aliphatic heterocycles. The van der Waals surface area contributed by atoms with Crippen molar-refractivity contribution in [2.45, 2.75) is 25.9 Å². The second-order valence-electron chi connectivity index (χ2n) is 7.00. The number of Topliss-reactive ketones (excluding diaryl/α,β-unsaturated/α-hetero) is 1. The Bertz CT molecular complexity index is 841. The van der Waals surface area contributed by atoms with E-state index in [4.69, 9.17) is 0 Å². The molecule has 4 atom stereocenters. The monoisotopic (exact) mass is 336 g/mol. The summed E-state index contributed by atoms with van der Waals surface area (Å²) in [5.74, 6) is -1.67. The van der Waals surface area contributed by atoms with E-state index in [0.29, 0.717) is 0 Å². The molecule has 0 radical (unpaired) electrons. The van der Waals surface area contributed by atoms with Crippen molar-refractivity contribution in [2.75, 3.05) is 11.4 Å². The predicted octanol–water partition coefficient (Wildman–Crippen LogP) is 1.96. The third-order valence-electron chi connectivity index (χ3n) is 5.48. The Hall–Kier alpha value is -2.69. The molecule has 0 unspecified atom stereocenters. The highest BCUT2D eigenvalue weighted by Crippen LogP contribution is 2.48. The molecule has 1 aromatic carbocycles. The summed E-state index contributed by atoms with van der Waals surface area (Å²) in [5.41, 5.74) is 3.07. The summed E-state index contributed by atoms with van der Waals surface area (Å²) >= 11 is 0. The van der Waals surface area contributed by atoms with Crippen LogP contribution in [-0.4, -0.2) is 41.1 Å². The van der Waals surface area contributed by atoms with Crippen LogP contribution >= 0.6 is 0 Å². The Kier molecular flexibility index (Phi) is 3.42. The Morgan fingerprint density at radius 2 is 1.96 bits per heavy atom. The fourth-order valence-corrected chi connectivity index (χ4v) is 4.52. The first-order valence-corrected chi connectivity index (χ1v) is 8.49. The smallest absolute Gasteiger partial charge is 0.236 e. The number of rotatable bonds is 3. The number of imide groups is 1. The van der Waals surface area contributed by atoms with E-state index in [2.05, 4.69) is 12.6 Å². The summed E-state index contributed by atoms with van der Waals surface area (Å²) in [6.45, 7) is 7.34.